The van der Waals surface area contributed by atoms with Crippen LogP contribution < -0.4 is 15.1 Å². The predicted octanol–water partition coefficient (Wildman–Crippen LogP) is 2.74. The van der Waals surface area contributed by atoms with Crippen molar-refractivity contribution in [1.29, 1.82) is 0 Å². The van der Waals surface area contributed by atoms with E-state index in [1.54, 1.807) is 0 Å². The van der Waals surface area contributed by atoms with E-state index in [0.29, 0.717) is 13.0 Å². The molecular formula is C21H30IN7OS. The molecule has 168 valence electrons. The van der Waals surface area contributed by atoms with Gasteiger partial charge in [-0.1, -0.05) is 19.1 Å². The van der Waals surface area contributed by atoms with Gasteiger partial charge in [0.15, 0.2) is 5.96 Å². The molecule has 1 N–H and O–H groups in total. The number of nitrogens with zero attached hydrogens (tertiary/aromatic N) is 6. The Bertz CT molecular complexity index is 893. The zero-order chi connectivity index (χ0) is 20.9. The number of benzene rings is 1. The lowest BCUT2D eigenvalue weighted by molar-refractivity contribution is -0.117. The van der Waals surface area contributed by atoms with E-state index in [9.17, 15) is 4.79 Å². The first-order valence-electron chi connectivity index (χ1n) is 10.6. The number of nitrogens with one attached hydrogen (secondary N) is 1. The lowest BCUT2D eigenvalue weighted by Gasteiger charge is -2.36. The summed E-state index contributed by atoms with van der Waals surface area (Å²) >= 11 is 1.49. The molecule has 0 saturated carbocycles. The van der Waals surface area contributed by atoms with E-state index >= 15 is 0 Å². The van der Waals surface area contributed by atoms with E-state index in [-0.39, 0.29) is 29.9 Å². The van der Waals surface area contributed by atoms with Crippen LogP contribution in [-0.4, -0.2) is 65.9 Å². The van der Waals surface area contributed by atoms with E-state index in [0.717, 1.165) is 68.2 Å². The fourth-order valence-corrected chi connectivity index (χ4v) is 4.66. The van der Waals surface area contributed by atoms with Crippen LogP contribution in [0.4, 0.5) is 10.8 Å². The van der Waals surface area contributed by atoms with Crippen molar-refractivity contribution in [1.82, 2.24) is 19.6 Å². The molecule has 0 aliphatic carbocycles. The van der Waals surface area contributed by atoms with Crippen molar-refractivity contribution in [3.05, 3.63) is 35.7 Å². The molecule has 2 aliphatic rings. The Hall–Kier alpha value is -1.95. The fourth-order valence-electron chi connectivity index (χ4n) is 3.85. The van der Waals surface area contributed by atoms with Crippen molar-refractivity contribution < 1.29 is 4.79 Å². The summed E-state index contributed by atoms with van der Waals surface area (Å²) in [4.78, 5) is 27.4. The molecule has 0 spiro atoms. The smallest absolute Gasteiger partial charge is 0.227 e. The standard InChI is InChI=1S/C21H29N7OS.HI/c1-3-18-24-21(30-25-18)27-13-11-26(12-14-27)20(22-2)23-15-16-6-8-17(9-7-16)28-10-4-5-19(28)29;/h6-9H,3-5,10-15H2,1-2H3,(H,22,23);1H. The number of piperazine rings is 1. The highest BCUT2D eigenvalue weighted by atomic mass is 127. The molecule has 0 unspecified atom stereocenters. The number of carbonyl (C=O) groups is 1. The Morgan fingerprint density at radius 1 is 1.16 bits per heavy atom. The summed E-state index contributed by atoms with van der Waals surface area (Å²) in [6.07, 6.45) is 2.48. The third-order valence-corrected chi connectivity index (χ3v) is 6.42. The average Bonchev–Trinajstić information content (AvgIpc) is 3.44. The van der Waals surface area contributed by atoms with E-state index in [4.69, 9.17) is 0 Å². The van der Waals surface area contributed by atoms with Gasteiger partial charge in [0.25, 0.3) is 0 Å². The highest BCUT2D eigenvalue weighted by Gasteiger charge is 2.23. The second-order valence-corrected chi connectivity index (χ2v) is 8.27. The molecule has 31 heavy (non-hydrogen) atoms. The van der Waals surface area contributed by atoms with E-state index in [1.807, 2.05) is 24.1 Å². The van der Waals surface area contributed by atoms with Crippen LogP contribution in [-0.2, 0) is 17.8 Å². The van der Waals surface area contributed by atoms with E-state index in [2.05, 4.69) is 48.5 Å². The van der Waals surface area contributed by atoms with Gasteiger partial charge in [-0.05, 0) is 24.1 Å². The number of carbonyl (C=O) groups excluding carboxylic acids is 1. The minimum atomic E-state index is 0. The number of aliphatic imine (C=N–C) groups is 1. The summed E-state index contributed by atoms with van der Waals surface area (Å²) in [5.41, 5.74) is 2.16. The molecule has 2 fully saturated rings. The van der Waals surface area contributed by atoms with Crippen LogP contribution in [0, 0.1) is 0 Å². The minimum absolute atomic E-state index is 0. The van der Waals surface area contributed by atoms with Crippen molar-refractivity contribution >= 4 is 58.2 Å². The number of aryl methyl sites for hydroxylation is 1. The number of halogens is 1. The molecule has 1 aromatic carbocycles. The molecule has 2 aliphatic heterocycles. The summed E-state index contributed by atoms with van der Waals surface area (Å²) in [5, 5.41) is 4.49. The topological polar surface area (TPSA) is 77.0 Å². The fraction of sp³-hybridized carbons (Fsp3) is 0.524. The molecule has 2 saturated heterocycles. The Kier molecular flexibility index (Phi) is 8.47. The Morgan fingerprint density at radius 2 is 1.90 bits per heavy atom. The van der Waals surface area contributed by atoms with Gasteiger partial charge >= 0.3 is 0 Å². The van der Waals surface area contributed by atoms with E-state index < -0.39 is 0 Å². The summed E-state index contributed by atoms with van der Waals surface area (Å²) in [6, 6.07) is 8.24. The van der Waals surface area contributed by atoms with Gasteiger partial charge in [-0.3, -0.25) is 9.79 Å². The van der Waals surface area contributed by atoms with Crippen LogP contribution in [0.5, 0.6) is 0 Å². The van der Waals surface area contributed by atoms with Crippen LogP contribution in [0.3, 0.4) is 0 Å². The van der Waals surface area contributed by atoms with Gasteiger partial charge in [0.05, 0.1) is 0 Å². The number of anilines is 2. The number of amides is 1. The summed E-state index contributed by atoms with van der Waals surface area (Å²) in [7, 11) is 1.83. The van der Waals surface area contributed by atoms with Crippen molar-refractivity contribution in [3.8, 4) is 0 Å². The molecule has 10 heteroatoms. The third-order valence-electron chi connectivity index (χ3n) is 5.61. The largest absolute Gasteiger partial charge is 0.352 e. The van der Waals surface area contributed by atoms with Gasteiger partial charge in [-0.25, -0.2) is 4.98 Å². The van der Waals surface area contributed by atoms with Crippen LogP contribution >= 0.6 is 35.5 Å². The molecular weight excluding hydrogens is 525 g/mol. The SMILES string of the molecule is CCc1nsc(N2CCN(C(=NC)NCc3ccc(N4CCCC4=O)cc3)CC2)n1.I. The summed E-state index contributed by atoms with van der Waals surface area (Å²) in [6.45, 7) is 7.24. The lowest BCUT2D eigenvalue weighted by atomic mass is 10.2. The first kappa shape index (κ1) is 23.7. The predicted molar refractivity (Wildman–Crippen MR) is 137 cm³/mol. The third kappa shape index (κ3) is 5.65. The van der Waals surface area contributed by atoms with Crippen molar-refractivity contribution in [2.45, 2.75) is 32.7 Å². The zero-order valence-electron chi connectivity index (χ0n) is 18.1. The normalized spacial score (nSPS) is 17.2. The molecule has 0 atom stereocenters. The van der Waals surface area contributed by atoms with Crippen molar-refractivity contribution in [3.63, 3.8) is 0 Å². The molecule has 1 aromatic heterocycles. The van der Waals surface area contributed by atoms with Crippen LogP contribution in [0.25, 0.3) is 0 Å². The number of aromatic nitrogens is 2. The van der Waals surface area contributed by atoms with Crippen LogP contribution in [0.1, 0.15) is 31.2 Å². The second-order valence-electron chi connectivity index (χ2n) is 7.54. The van der Waals surface area contributed by atoms with Crippen LogP contribution in [0.2, 0.25) is 0 Å². The number of rotatable bonds is 5. The van der Waals surface area contributed by atoms with Gasteiger partial charge in [-0.15, -0.1) is 24.0 Å². The lowest BCUT2D eigenvalue weighted by Crippen LogP contribution is -2.52. The quantitative estimate of drug-likeness (QED) is 0.348. The highest BCUT2D eigenvalue weighted by Crippen LogP contribution is 2.22. The molecule has 0 radical (unpaired) electrons. The highest BCUT2D eigenvalue weighted by molar-refractivity contribution is 14.0. The van der Waals surface area contributed by atoms with Gasteiger partial charge in [0.1, 0.15) is 5.82 Å². The van der Waals surface area contributed by atoms with Crippen LogP contribution in [0.15, 0.2) is 29.3 Å². The minimum Gasteiger partial charge on any atom is -0.352 e. The van der Waals surface area contributed by atoms with Crippen molar-refractivity contribution in [2.24, 2.45) is 4.99 Å². The molecule has 1 amide bonds. The average molecular weight is 555 g/mol. The summed E-state index contributed by atoms with van der Waals surface area (Å²) < 4.78 is 4.40. The Labute approximate surface area is 204 Å². The zero-order valence-corrected chi connectivity index (χ0v) is 21.2. The Balaban J connectivity index is 0.00000272. The maximum Gasteiger partial charge on any atom is 0.227 e. The monoisotopic (exact) mass is 555 g/mol. The maximum atomic E-state index is 11.9. The second kappa shape index (κ2) is 11.1. The molecule has 8 nitrogen and oxygen atoms in total. The van der Waals surface area contributed by atoms with Gasteiger partial charge in [0, 0.05) is 76.4 Å². The maximum absolute atomic E-state index is 11.9. The number of guanidine groups is 1. The van der Waals surface area contributed by atoms with Gasteiger partial charge in [0.2, 0.25) is 11.0 Å². The molecule has 3 heterocycles. The number of hydrogen-bond donors (Lipinski definition) is 1. The first-order valence-corrected chi connectivity index (χ1v) is 11.4. The Morgan fingerprint density at radius 3 is 2.48 bits per heavy atom. The molecule has 0 bridgehead atoms. The van der Waals surface area contributed by atoms with Crippen molar-refractivity contribution in [2.75, 3.05) is 49.6 Å². The number of hydrogen-bond acceptors (Lipinski definition) is 6. The van der Waals surface area contributed by atoms with E-state index in [1.165, 1.54) is 17.1 Å². The van der Waals surface area contributed by atoms with Gasteiger partial charge < -0.3 is 20.0 Å². The molecule has 4 rings (SSSR count). The molecule has 2 aromatic rings. The first-order chi connectivity index (χ1) is 14.7. The summed E-state index contributed by atoms with van der Waals surface area (Å²) in [5.74, 6) is 2.06. The van der Waals surface area contributed by atoms with Gasteiger partial charge in [-0.2, -0.15) is 4.37 Å².